The second-order valence-corrected chi connectivity index (χ2v) is 5.43. The molecule has 0 unspecified atom stereocenters. The maximum absolute atomic E-state index is 4.73. The number of pyridine rings is 1. The van der Waals surface area contributed by atoms with Crippen LogP contribution in [-0.4, -0.2) is 43.1 Å². The molecule has 3 rings (SSSR count). The standard InChI is InChI=1S/C16H20N3/c1-18-11-9-14(10-12-18)19(2)16-8-7-13-5-3-4-6-15(13)17-16/h3-7,14H,9-12H2,1-2H3. The van der Waals surface area contributed by atoms with Crippen LogP contribution >= 0.6 is 0 Å². The molecule has 0 atom stereocenters. The Morgan fingerprint density at radius 3 is 2.79 bits per heavy atom. The molecule has 1 aliphatic heterocycles. The summed E-state index contributed by atoms with van der Waals surface area (Å²) < 4.78 is 0. The molecule has 1 radical (unpaired) electrons. The normalized spacial score (nSPS) is 17.8. The van der Waals surface area contributed by atoms with Crippen molar-refractivity contribution in [1.82, 2.24) is 9.88 Å². The molecule has 3 nitrogen and oxygen atoms in total. The lowest BCUT2D eigenvalue weighted by atomic mass is 10.0. The summed E-state index contributed by atoms with van der Waals surface area (Å²) in [7, 11) is 4.33. The second-order valence-electron chi connectivity index (χ2n) is 5.43. The third-order valence-corrected chi connectivity index (χ3v) is 4.09. The number of nitrogens with zero attached hydrogens (tertiary/aromatic N) is 3. The third kappa shape index (κ3) is 2.56. The topological polar surface area (TPSA) is 19.4 Å². The van der Waals surface area contributed by atoms with Crippen LogP contribution in [0.1, 0.15) is 12.8 Å². The van der Waals surface area contributed by atoms with Crippen molar-refractivity contribution in [1.29, 1.82) is 0 Å². The second kappa shape index (κ2) is 5.17. The van der Waals surface area contributed by atoms with Gasteiger partial charge in [0.2, 0.25) is 0 Å². The maximum atomic E-state index is 4.73. The van der Waals surface area contributed by atoms with E-state index in [0.717, 1.165) is 16.7 Å². The van der Waals surface area contributed by atoms with E-state index >= 15 is 0 Å². The van der Waals surface area contributed by atoms with Gasteiger partial charge in [-0.1, -0.05) is 18.2 Å². The van der Waals surface area contributed by atoms with Crippen molar-refractivity contribution in [3.8, 4) is 0 Å². The zero-order valence-electron chi connectivity index (χ0n) is 11.6. The zero-order chi connectivity index (χ0) is 13.2. The number of para-hydroxylation sites is 1. The van der Waals surface area contributed by atoms with Crippen molar-refractivity contribution in [2.45, 2.75) is 18.9 Å². The molecule has 1 aromatic carbocycles. The van der Waals surface area contributed by atoms with Crippen LogP contribution in [0.4, 0.5) is 5.82 Å². The number of anilines is 1. The van der Waals surface area contributed by atoms with Crippen LogP contribution in [0.5, 0.6) is 0 Å². The molecule has 0 N–H and O–H groups in total. The van der Waals surface area contributed by atoms with Gasteiger partial charge in [0, 0.05) is 24.5 Å². The quantitative estimate of drug-likeness (QED) is 0.821. The van der Waals surface area contributed by atoms with Gasteiger partial charge in [-0.3, -0.25) is 0 Å². The third-order valence-electron chi connectivity index (χ3n) is 4.09. The first kappa shape index (κ1) is 12.4. The fourth-order valence-corrected chi connectivity index (χ4v) is 2.74. The molecule has 19 heavy (non-hydrogen) atoms. The number of aromatic nitrogens is 1. The first-order valence-corrected chi connectivity index (χ1v) is 6.93. The Morgan fingerprint density at radius 2 is 2.00 bits per heavy atom. The summed E-state index contributed by atoms with van der Waals surface area (Å²) in [5, 5.41) is 1.16. The highest BCUT2D eigenvalue weighted by atomic mass is 15.2. The van der Waals surface area contributed by atoms with Crippen molar-refractivity contribution < 1.29 is 0 Å². The van der Waals surface area contributed by atoms with Gasteiger partial charge in [-0.05, 0) is 45.1 Å². The summed E-state index contributed by atoms with van der Waals surface area (Å²) >= 11 is 0. The molecule has 1 saturated heterocycles. The molecule has 3 heteroatoms. The highest BCUT2D eigenvalue weighted by Gasteiger charge is 2.21. The van der Waals surface area contributed by atoms with Gasteiger partial charge in [0.05, 0.1) is 5.52 Å². The molecule has 0 saturated carbocycles. The van der Waals surface area contributed by atoms with Crippen LogP contribution in [0.3, 0.4) is 0 Å². The molecule has 0 bridgehead atoms. The van der Waals surface area contributed by atoms with Gasteiger partial charge in [0.1, 0.15) is 5.82 Å². The molecular formula is C16H20N3. The van der Waals surface area contributed by atoms with E-state index < -0.39 is 0 Å². The van der Waals surface area contributed by atoms with Crippen LogP contribution in [0.15, 0.2) is 30.3 Å². The zero-order valence-corrected chi connectivity index (χ0v) is 11.6. The van der Waals surface area contributed by atoms with Gasteiger partial charge < -0.3 is 9.80 Å². The maximum Gasteiger partial charge on any atom is 0.137 e. The highest BCUT2D eigenvalue weighted by Crippen LogP contribution is 2.22. The molecule has 0 spiro atoms. The molecule has 1 fully saturated rings. The minimum absolute atomic E-state index is 0.584. The summed E-state index contributed by atoms with van der Waals surface area (Å²) in [6, 6.07) is 14.2. The number of hydrogen-bond donors (Lipinski definition) is 0. The van der Waals surface area contributed by atoms with E-state index in [9.17, 15) is 0 Å². The van der Waals surface area contributed by atoms with E-state index in [-0.39, 0.29) is 0 Å². The summed E-state index contributed by atoms with van der Waals surface area (Å²) in [6.07, 6.45) is 2.41. The molecule has 0 amide bonds. The average molecular weight is 254 g/mol. The summed E-state index contributed by atoms with van der Waals surface area (Å²) in [4.78, 5) is 9.41. The van der Waals surface area contributed by atoms with Crippen LogP contribution in [0.2, 0.25) is 0 Å². The highest BCUT2D eigenvalue weighted by molar-refractivity contribution is 5.79. The van der Waals surface area contributed by atoms with E-state index in [0.29, 0.717) is 6.04 Å². The van der Waals surface area contributed by atoms with E-state index in [1.807, 2.05) is 18.2 Å². The van der Waals surface area contributed by atoms with E-state index in [2.05, 4.69) is 42.1 Å². The lowest BCUT2D eigenvalue weighted by Gasteiger charge is -2.35. The van der Waals surface area contributed by atoms with E-state index in [4.69, 9.17) is 4.98 Å². The van der Waals surface area contributed by atoms with Crippen LogP contribution in [0, 0.1) is 6.07 Å². The predicted octanol–water partition coefficient (Wildman–Crippen LogP) is 2.57. The number of fused-ring (bicyclic) bond motifs is 1. The lowest BCUT2D eigenvalue weighted by molar-refractivity contribution is 0.252. The largest absolute Gasteiger partial charge is 0.356 e. The SMILES string of the molecule is CN1CCC(N(C)c2[c]cc3ccccc3n2)CC1. The van der Waals surface area contributed by atoms with Gasteiger partial charge in [0.25, 0.3) is 0 Å². The Bertz CT molecular complexity index is 559. The molecule has 1 aliphatic rings. The average Bonchev–Trinajstić information content (AvgIpc) is 2.47. The number of piperidine rings is 1. The molecular weight excluding hydrogens is 234 g/mol. The Kier molecular flexibility index (Phi) is 3.38. The van der Waals surface area contributed by atoms with Crippen molar-refractivity contribution in [3.05, 3.63) is 36.4 Å². The van der Waals surface area contributed by atoms with Gasteiger partial charge in [0.15, 0.2) is 0 Å². The first-order chi connectivity index (χ1) is 9.24. The number of rotatable bonds is 2. The monoisotopic (exact) mass is 254 g/mol. The Balaban J connectivity index is 1.83. The molecule has 0 aliphatic carbocycles. The lowest BCUT2D eigenvalue weighted by Crippen LogP contribution is -2.42. The Morgan fingerprint density at radius 1 is 1.26 bits per heavy atom. The van der Waals surface area contributed by atoms with Crippen LogP contribution in [0.25, 0.3) is 10.9 Å². The molecule has 2 heterocycles. The minimum atomic E-state index is 0.584. The van der Waals surface area contributed by atoms with Crippen molar-refractivity contribution in [3.63, 3.8) is 0 Å². The minimum Gasteiger partial charge on any atom is -0.356 e. The van der Waals surface area contributed by atoms with Crippen molar-refractivity contribution in [2.75, 3.05) is 32.1 Å². The Hall–Kier alpha value is -1.61. The summed E-state index contributed by atoms with van der Waals surface area (Å²) in [6.45, 7) is 2.34. The number of benzene rings is 1. The van der Waals surface area contributed by atoms with Crippen molar-refractivity contribution in [2.24, 2.45) is 0 Å². The van der Waals surface area contributed by atoms with E-state index in [1.165, 1.54) is 25.9 Å². The predicted molar refractivity (Wildman–Crippen MR) is 79.5 cm³/mol. The van der Waals surface area contributed by atoms with Gasteiger partial charge in [-0.2, -0.15) is 0 Å². The smallest absolute Gasteiger partial charge is 0.137 e. The number of hydrogen-bond acceptors (Lipinski definition) is 3. The van der Waals surface area contributed by atoms with Crippen LogP contribution in [-0.2, 0) is 0 Å². The summed E-state index contributed by atoms with van der Waals surface area (Å²) in [5.74, 6) is 0.966. The molecule has 2 aromatic rings. The van der Waals surface area contributed by atoms with Crippen LogP contribution < -0.4 is 4.90 Å². The Labute approximate surface area is 114 Å². The fraction of sp³-hybridized carbons (Fsp3) is 0.438. The first-order valence-electron chi connectivity index (χ1n) is 6.93. The molecule has 99 valence electrons. The summed E-state index contributed by atoms with van der Waals surface area (Å²) in [5.41, 5.74) is 1.05. The van der Waals surface area contributed by atoms with E-state index in [1.54, 1.807) is 0 Å². The van der Waals surface area contributed by atoms with Crippen molar-refractivity contribution >= 4 is 16.7 Å². The van der Waals surface area contributed by atoms with Gasteiger partial charge in [-0.25, -0.2) is 4.98 Å². The number of likely N-dealkylation sites (tertiary alicyclic amines) is 1. The molecule has 1 aromatic heterocycles. The van der Waals surface area contributed by atoms with Gasteiger partial charge in [-0.15, -0.1) is 0 Å². The fourth-order valence-electron chi connectivity index (χ4n) is 2.74. The van der Waals surface area contributed by atoms with Gasteiger partial charge >= 0.3 is 0 Å².